The lowest BCUT2D eigenvalue weighted by molar-refractivity contribution is -0.132. The minimum absolute atomic E-state index is 0.00922. The Balaban J connectivity index is 1.96. The third-order valence-electron chi connectivity index (χ3n) is 4.52. The molecule has 1 atom stereocenters. The van der Waals surface area contributed by atoms with E-state index in [-0.39, 0.29) is 17.2 Å². The van der Waals surface area contributed by atoms with E-state index in [2.05, 4.69) is 21.1 Å². The summed E-state index contributed by atoms with van der Waals surface area (Å²) in [5, 5.41) is 14.8. The van der Waals surface area contributed by atoms with Crippen LogP contribution in [0, 0.1) is 6.92 Å². The summed E-state index contributed by atoms with van der Waals surface area (Å²) in [7, 11) is 0. The van der Waals surface area contributed by atoms with Crippen LogP contribution < -0.4 is 4.90 Å². The second-order valence-electron chi connectivity index (χ2n) is 6.39. The summed E-state index contributed by atoms with van der Waals surface area (Å²) < 4.78 is 5.89. The first kappa shape index (κ1) is 18.2. The molecule has 28 heavy (non-hydrogen) atoms. The van der Waals surface area contributed by atoms with Gasteiger partial charge in [0, 0.05) is 16.1 Å². The van der Waals surface area contributed by atoms with Crippen LogP contribution in [-0.4, -0.2) is 22.0 Å². The summed E-state index contributed by atoms with van der Waals surface area (Å²) in [6, 6.07) is 16.7. The number of aromatic nitrogens is 1. The number of aliphatic hydroxyl groups is 1. The lowest BCUT2D eigenvalue weighted by atomic mass is 9.95. The van der Waals surface area contributed by atoms with Gasteiger partial charge in [0.15, 0.2) is 5.82 Å². The lowest BCUT2D eigenvalue weighted by Gasteiger charge is -2.23. The van der Waals surface area contributed by atoms with E-state index in [0.717, 1.165) is 4.47 Å². The molecule has 1 unspecified atom stereocenters. The highest BCUT2D eigenvalue weighted by atomic mass is 79.9. The zero-order chi connectivity index (χ0) is 19.8. The molecule has 140 valence electrons. The van der Waals surface area contributed by atoms with Gasteiger partial charge >= 0.3 is 5.91 Å². The lowest BCUT2D eigenvalue weighted by Crippen LogP contribution is -2.29. The number of halogens is 1. The smallest absolute Gasteiger partial charge is 0.301 e. The standard InChI is InChI=1S/C21H15BrN2O4/c1-12-10-16(23-28-12)24-18(14-8-5-9-15(22)11-14)17(20(26)21(24)27)19(25)13-6-3-2-4-7-13/h2-11,18,25H,1H3/b19-17-. The van der Waals surface area contributed by atoms with Gasteiger partial charge in [-0.1, -0.05) is 63.6 Å². The molecule has 1 aliphatic heterocycles. The topological polar surface area (TPSA) is 83.6 Å². The van der Waals surface area contributed by atoms with Gasteiger partial charge in [0.2, 0.25) is 0 Å². The number of ketones is 1. The number of carbonyl (C=O) groups is 2. The Labute approximate surface area is 169 Å². The first-order valence-electron chi connectivity index (χ1n) is 8.52. The van der Waals surface area contributed by atoms with Gasteiger partial charge in [-0.3, -0.25) is 14.5 Å². The molecule has 4 rings (SSSR count). The molecule has 0 aliphatic carbocycles. The van der Waals surface area contributed by atoms with Crippen molar-refractivity contribution in [1.29, 1.82) is 0 Å². The molecule has 0 spiro atoms. The second-order valence-corrected chi connectivity index (χ2v) is 7.30. The van der Waals surface area contributed by atoms with Gasteiger partial charge in [0.25, 0.3) is 5.78 Å². The zero-order valence-corrected chi connectivity index (χ0v) is 16.4. The largest absolute Gasteiger partial charge is 0.507 e. The Morgan fingerprint density at radius 1 is 1.11 bits per heavy atom. The van der Waals surface area contributed by atoms with E-state index < -0.39 is 17.7 Å². The van der Waals surface area contributed by atoms with E-state index >= 15 is 0 Å². The molecule has 1 saturated heterocycles. The third-order valence-corrected chi connectivity index (χ3v) is 5.01. The Hall–Kier alpha value is -3.19. The van der Waals surface area contributed by atoms with Crippen LogP contribution >= 0.6 is 15.9 Å². The number of nitrogens with zero attached hydrogens (tertiary/aromatic N) is 2. The maximum Gasteiger partial charge on any atom is 0.301 e. The van der Waals surface area contributed by atoms with Crippen LogP contribution in [0.1, 0.15) is 22.9 Å². The zero-order valence-electron chi connectivity index (χ0n) is 14.8. The number of aliphatic hydroxyl groups excluding tert-OH is 1. The molecule has 2 aromatic carbocycles. The van der Waals surface area contributed by atoms with Gasteiger partial charge in [-0.2, -0.15) is 0 Å². The Morgan fingerprint density at radius 3 is 2.50 bits per heavy atom. The summed E-state index contributed by atoms with van der Waals surface area (Å²) in [6.07, 6.45) is 0. The van der Waals surface area contributed by atoms with Gasteiger partial charge in [0.1, 0.15) is 11.5 Å². The monoisotopic (exact) mass is 438 g/mol. The van der Waals surface area contributed by atoms with Crippen molar-refractivity contribution in [1.82, 2.24) is 5.16 Å². The fourth-order valence-electron chi connectivity index (χ4n) is 3.28. The highest BCUT2D eigenvalue weighted by Gasteiger charge is 2.48. The number of aryl methyl sites for hydroxylation is 1. The summed E-state index contributed by atoms with van der Waals surface area (Å²) in [4.78, 5) is 27.0. The van der Waals surface area contributed by atoms with Crippen LogP contribution in [0.2, 0.25) is 0 Å². The van der Waals surface area contributed by atoms with E-state index in [1.54, 1.807) is 61.5 Å². The number of rotatable bonds is 3. The molecule has 1 fully saturated rings. The van der Waals surface area contributed by atoms with Crippen LogP contribution in [-0.2, 0) is 9.59 Å². The van der Waals surface area contributed by atoms with Crippen molar-refractivity contribution >= 4 is 39.2 Å². The molecule has 1 aromatic heterocycles. The SMILES string of the molecule is Cc1cc(N2C(=O)C(=O)/C(=C(\O)c3ccccc3)C2c2cccc(Br)c2)no1. The average Bonchev–Trinajstić information content (AvgIpc) is 3.23. The molecule has 6 nitrogen and oxygen atoms in total. The Kier molecular flexibility index (Phi) is 4.60. The van der Waals surface area contributed by atoms with Gasteiger partial charge in [-0.25, -0.2) is 0 Å². The number of hydrogen-bond donors (Lipinski definition) is 1. The van der Waals surface area contributed by atoms with Crippen molar-refractivity contribution in [3.63, 3.8) is 0 Å². The second kappa shape index (κ2) is 7.09. The van der Waals surface area contributed by atoms with E-state index in [9.17, 15) is 14.7 Å². The number of carbonyl (C=O) groups excluding carboxylic acids is 2. The number of benzene rings is 2. The van der Waals surface area contributed by atoms with Crippen molar-refractivity contribution in [2.45, 2.75) is 13.0 Å². The summed E-state index contributed by atoms with van der Waals surface area (Å²) in [6.45, 7) is 1.70. The van der Waals surface area contributed by atoms with Crippen LogP contribution in [0.5, 0.6) is 0 Å². The molecule has 1 aliphatic rings. The number of anilines is 1. The predicted octanol–water partition coefficient (Wildman–Crippen LogP) is 4.37. The average molecular weight is 439 g/mol. The normalized spacial score (nSPS) is 18.6. The Bertz CT molecular complexity index is 1100. The summed E-state index contributed by atoms with van der Waals surface area (Å²) >= 11 is 3.42. The molecular formula is C21H15BrN2O4. The minimum atomic E-state index is -0.831. The van der Waals surface area contributed by atoms with E-state index in [1.807, 2.05) is 6.07 Å². The minimum Gasteiger partial charge on any atom is -0.507 e. The molecule has 0 bridgehead atoms. The third kappa shape index (κ3) is 3.03. The summed E-state index contributed by atoms with van der Waals surface area (Å²) in [5.41, 5.74) is 1.12. The first-order chi connectivity index (χ1) is 13.5. The number of hydrogen-bond acceptors (Lipinski definition) is 5. The first-order valence-corrected chi connectivity index (χ1v) is 9.32. The van der Waals surface area contributed by atoms with Crippen molar-refractivity contribution in [2.75, 3.05) is 4.90 Å². The van der Waals surface area contributed by atoms with Crippen LogP contribution in [0.4, 0.5) is 5.82 Å². The molecule has 0 saturated carbocycles. The van der Waals surface area contributed by atoms with Crippen molar-refractivity contribution in [2.24, 2.45) is 0 Å². The van der Waals surface area contributed by atoms with Crippen LogP contribution in [0.3, 0.4) is 0 Å². The quantitative estimate of drug-likeness (QED) is 0.372. The maximum atomic E-state index is 12.9. The molecule has 0 radical (unpaired) electrons. The van der Waals surface area contributed by atoms with E-state index in [1.165, 1.54) is 4.90 Å². The maximum absolute atomic E-state index is 12.9. The fourth-order valence-corrected chi connectivity index (χ4v) is 3.70. The highest BCUT2D eigenvalue weighted by molar-refractivity contribution is 9.10. The van der Waals surface area contributed by atoms with E-state index in [4.69, 9.17) is 4.52 Å². The number of Topliss-reactive ketones (excluding diaryl/α,β-unsaturated/α-hetero) is 1. The highest BCUT2D eigenvalue weighted by Crippen LogP contribution is 2.42. The molecule has 1 N–H and O–H groups in total. The fraction of sp³-hybridized carbons (Fsp3) is 0.0952. The molecule has 1 amide bonds. The van der Waals surface area contributed by atoms with Crippen LogP contribution in [0.25, 0.3) is 5.76 Å². The van der Waals surface area contributed by atoms with Crippen LogP contribution in [0.15, 0.2) is 75.2 Å². The van der Waals surface area contributed by atoms with Crippen molar-refractivity contribution in [3.8, 4) is 0 Å². The molecule has 2 heterocycles. The molecular weight excluding hydrogens is 424 g/mol. The summed E-state index contributed by atoms with van der Waals surface area (Å²) in [5.74, 6) is -1.04. The van der Waals surface area contributed by atoms with E-state index in [0.29, 0.717) is 16.9 Å². The molecule has 3 aromatic rings. The van der Waals surface area contributed by atoms with Gasteiger partial charge in [-0.15, -0.1) is 0 Å². The van der Waals surface area contributed by atoms with Crippen molar-refractivity contribution in [3.05, 3.63) is 87.6 Å². The molecule has 7 heteroatoms. The van der Waals surface area contributed by atoms with Gasteiger partial charge in [0.05, 0.1) is 11.6 Å². The van der Waals surface area contributed by atoms with Crippen molar-refractivity contribution < 1.29 is 19.2 Å². The van der Waals surface area contributed by atoms with Gasteiger partial charge in [-0.05, 0) is 24.6 Å². The predicted molar refractivity (Wildman–Crippen MR) is 107 cm³/mol. The Morgan fingerprint density at radius 2 is 1.86 bits per heavy atom. The van der Waals surface area contributed by atoms with Gasteiger partial charge < -0.3 is 9.63 Å². The number of amides is 1.